The smallest absolute Gasteiger partial charge is 0.424 e. The Morgan fingerprint density at radius 1 is 1.21 bits per heavy atom. The number of carbonyl (C=O) groups excluding carboxylic acids is 2. The molecule has 0 saturated heterocycles. The monoisotopic (exact) mass is 534 g/mol. The summed E-state index contributed by atoms with van der Waals surface area (Å²) < 4.78 is 67.3. The number of benzene rings is 1. The second-order valence-electron chi connectivity index (χ2n) is 8.88. The SMILES string of the molecule is COc1cncc(C(=O)NCC(O)(c2cc3c(c(-c4ccc(F)cc4)n2)OC[C@]3(C)C(N)=O)C(F)(F)F)c1. The molecular weight excluding hydrogens is 512 g/mol. The lowest BCUT2D eigenvalue weighted by molar-refractivity contribution is -0.265. The summed E-state index contributed by atoms with van der Waals surface area (Å²) in [5, 5.41) is 13.1. The molecule has 1 unspecified atom stereocenters. The Labute approximate surface area is 213 Å². The third-order valence-corrected chi connectivity index (χ3v) is 6.34. The van der Waals surface area contributed by atoms with E-state index >= 15 is 0 Å². The molecule has 0 fully saturated rings. The average molecular weight is 534 g/mol. The Hall–Kier alpha value is -4.26. The maximum absolute atomic E-state index is 14.4. The van der Waals surface area contributed by atoms with Crippen molar-refractivity contribution in [3.05, 3.63) is 71.4 Å². The van der Waals surface area contributed by atoms with E-state index in [0.717, 1.165) is 24.4 Å². The van der Waals surface area contributed by atoms with Crippen LogP contribution < -0.4 is 20.5 Å². The Morgan fingerprint density at radius 2 is 1.89 bits per heavy atom. The minimum absolute atomic E-state index is 0.0299. The van der Waals surface area contributed by atoms with Crippen molar-refractivity contribution in [3.8, 4) is 22.8 Å². The van der Waals surface area contributed by atoms with Crippen molar-refractivity contribution in [1.29, 1.82) is 0 Å². The van der Waals surface area contributed by atoms with E-state index in [4.69, 9.17) is 15.2 Å². The molecule has 13 heteroatoms. The van der Waals surface area contributed by atoms with Crippen LogP contribution in [0.3, 0.4) is 0 Å². The second kappa shape index (κ2) is 9.56. The Bertz CT molecular complexity index is 1400. The maximum Gasteiger partial charge on any atom is 0.424 e. The minimum Gasteiger partial charge on any atom is -0.495 e. The van der Waals surface area contributed by atoms with Crippen molar-refractivity contribution in [1.82, 2.24) is 15.3 Å². The maximum atomic E-state index is 14.4. The van der Waals surface area contributed by atoms with Crippen molar-refractivity contribution >= 4 is 11.8 Å². The zero-order valence-corrected chi connectivity index (χ0v) is 20.1. The quantitative estimate of drug-likeness (QED) is 0.397. The number of pyridine rings is 2. The highest BCUT2D eigenvalue weighted by Gasteiger charge is 2.57. The third-order valence-electron chi connectivity index (χ3n) is 6.34. The van der Waals surface area contributed by atoms with E-state index in [1.807, 2.05) is 0 Å². The van der Waals surface area contributed by atoms with E-state index in [9.17, 15) is 32.3 Å². The topological polar surface area (TPSA) is 137 Å². The minimum atomic E-state index is -5.34. The predicted octanol–water partition coefficient (Wildman–Crippen LogP) is 2.61. The molecule has 2 aromatic heterocycles. The lowest BCUT2D eigenvalue weighted by atomic mass is 9.81. The normalized spacial score (nSPS) is 18.2. The molecule has 0 bridgehead atoms. The summed E-state index contributed by atoms with van der Waals surface area (Å²) in [5.41, 5.74) is -0.812. The molecule has 3 heterocycles. The molecule has 38 heavy (non-hydrogen) atoms. The van der Waals surface area contributed by atoms with Crippen molar-refractivity contribution < 1.29 is 41.7 Å². The number of aliphatic hydroxyl groups is 1. The number of nitrogens with zero attached hydrogens (tertiary/aromatic N) is 2. The average Bonchev–Trinajstić information content (AvgIpc) is 3.24. The van der Waals surface area contributed by atoms with E-state index in [1.54, 1.807) is 0 Å². The van der Waals surface area contributed by atoms with Crippen LogP contribution in [0.4, 0.5) is 17.6 Å². The van der Waals surface area contributed by atoms with Crippen molar-refractivity contribution in [2.75, 3.05) is 20.3 Å². The van der Waals surface area contributed by atoms with Crippen molar-refractivity contribution in [2.45, 2.75) is 24.1 Å². The van der Waals surface area contributed by atoms with Crippen LogP contribution in [0.25, 0.3) is 11.3 Å². The fraction of sp³-hybridized carbons (Fsp3) is 0.280. The predicted molar refractivity (Wildman–Crippen MR) is 125 cm³/mol. The van der Waals surface area contributed by atoms with Crippen LogP contribution in [0.1, 0.15) is 28.5 Å². The molecule has 4 rings (SSSR count). The number of nitrogens with two attached hydrogens (primary N) is 1. The molecule has 1 aliphatic heterocycles. The zero-order chi connectivity index (χ0) is 27.9. The van der Waals surface area contributed by atoms with Crippen LogP contribution >= 0.6 is 0 Å². The van der Waals surface area contributed by atoms with E-state index in [1.165, 1.54) is 38.4 Å². The van der Waals surface area contributed by atoms with Crippen molar-refractivity contribution in [2.24, 2.45) is 5.73 Å². The summed E-state index contributed by atoms with van der Waals surface area (Å²) >= 11 is 0. The molecule has 2 amide bonds. The number of rotatable bonds is 7. The summed E-state index contributed by atoms with van der Waals surface area (Å²) in [6.07, 6.45) is -2.93. The molecule has 0 aliphatic carbocycles. The first-order valence-electron chi connectivity index (χ1n) is 11.1. The number of ether oxygens (including phenoxy) is 2. The van der Waals surface area contributed by atoms with Gasteiger partial charge in [0.05, 0.1) is 31.1 Å². The van der Waals surface area contributed by atoms with Gasteiger partial charge in [-0.3, -0.25) is 14.6 Å². The van der Waals surface area contributed by atoms with Crippen LogP contribution in [0.2, 0.25) is 0 Å². The zero-order valence-electron chi connectivity index (χ0n) is 20.1. The number of hydrogen-bond acceptors (Lipinski definition) is 7. The summed E-state index contributed by atoms with van der Waals surface area (Å²) in [6.45, 7) is -0.250. The molecular formula is C25H22F4N4O5. The van der Waals surface area contributed by atoms with Gasteiger partial charge < -0.3 is 25.6 Å². The van der Waals surface area contributed by atoms with Gasteiger partial charge in [0.25, 0.3) is 5.91 Å². The number of carbonyl (C=O) groups is 2. The first-order chi connectivity index (χ1) is 17.8. The molecule has 0 spiro atoms. The molecule has 2 atom stereocenters. The fourth-order valence-corrected chi connectivity index (χ4v) is 3.90. The Kier molecular flexibility index (Phi) is 6.74. The van der Waals surface area contributed by atoms with Crippen LogP contribution in [0.15, 0.2) is 48.8 Å². The van der Waals surface area contributed by atoms with E-state index in [2.05, 4.69) is 15.3 Å². The van der Waals surface area contributed by atoms with Crippen LogP contribution in [-0.2, 0) is 15.8 Å². The summed E-state index contributed by atoms with van der Waals surface area (Å²) in [4.78, 5) is 32.7. The van der Waals surface area contributed by atoms with E-state index in [-0.39, 0.29) is 40.5 Å². The molecule has 9 nitrogen and oxygen atoms in total. The van der Waals surface area contributed by atoms with Gasteiger partial charge in [-0.15, -0.1) is 0 Å². The van der Waals surface area contributed by atoms with E-state index in [0.29, 0.717) is 0 Å². The number of fused-ring (bicyclic) bond motifs is 1. The lowest BCUT2D eigenvalue weighted by Crippen LogP contribution is -2.51. The highest BCUT2D eigenvalue weighted by atomic mass is 19.4. The molecule has 1 aromatic carbocycles. The Morgan fingerprint density at radius 3 is 2.50 bits per heavy atom. The molecule has 4 N–H and O–H groups in total. The van der Waals surface area contributed by atoms with Crippen LogP contribution in [0.5, 0.6) is 11.5 Å². The number of nitrogens with one attached hydrogen (secondary N) is 1. The number of primary amides is 1. The third kappa shape index (κ3) is 4.60. The second-order valence-corrected chi connectivity index (χ2v) is 8.88. The molecule has 3 aromatic rings. The number of halogens is 4. The number of hydrogen-bond donors (Lipinski definition) is 3. The number of methoxy groups -OCH3 is 1. The number of amides is 2. The molecule has 1 aliphatic rings. The van der Waals surface area contributed by atoms with Crippen molar-refractivity contribution in [3.63, 3.8) is 0 Å². The Balaban J connectivity index is 1.83. The van der Waals surface area contributed by atoms with Crippen LogP contribution in [0, 0.1) is 5.82 Å². The van der Waals surface area contributed by atoms with Gasteiger partial charge in [-0.05, 0) is 43.3 Å². The molecule has 0 radical (unpaired) electrons. The van der Waals surface area contributed by atoms with Gasteiger partial charge in [0, 0.05) is 17.3 Å². The number of aromatic nitrogens is 2. The lowest BCUT2D eigenvalue weighted by Gasteiger charge is -2.31. The van der Waals surface area contributed by atoms with Gasteiger partial charge in [-0.2, -0.15) is 13.2 Å². The summed E-state index contributed by atoms with van der Waals surface area (Å²) in [6, 6.07) is 6.79. The fourth-order valence-electron chi connectivity index (χ4n) is 3.90. The van der Waals surface area contributed by atoms with Gasteiger partial charge in [0.2, 0.25) is 11.5 Å². The standard InChI is InChI=1S/C25H22F4N4O5/c1-23(22(30)35)12-38-20-17(23)8-18(33-19(20)13-3-5-15(26)6-4-13)24(36,25(27,28)29)11-32-21(34)14-7-16(37-2)10-31-9-14/h3-10,36H,11-12H2,1-2H3,(H2,30,35)(H,32,34)/t23-,24?/m0/s1. The van der Waals surface area contributed by atoms with Gasteiger partial charge in [-0.1, -0.05) is 0 Å². The first kappa shape index (κ1) is 26.8. The van der Waals surface area contributed by atoms with Gasteiger partial charge in [-0.25, -0.2) is 9.37 Å². The van der Waals surface area contributed by atoms with Gasteiger partial charge >= 0.3 is 6.18 Å². The van der Waals surface area contributed by atoms with Gasteiger partial charge in [0.1, 0.15) is 35.0 Å². The summed E-state index contributed by atoms with van der Waals surface area (Å²) in [7, 11) is 1.32. The summed E-state index contributed by atoms with van der Waals surface area (Å²) in [5.74, 6) is -2.29. The molecule has 0 saturated carbocycles. The van der Waals surface area contributed by atoms with Gasteiger partial charge in [0.15, 0.2) is 0 Å². The highest BCUT2D eigenvalue weighted by molar-refractivity contribution is 5.94. The largest absolute Gasteiger partial charge is 0.495 e. The number of alkyl halides is 3. The first-order valence-corrected chi connectivity index (χ1v) is 11.1. The molecule has 200 valence electrons. The van der Waals surface area contributed by atoms with Crippen LogP contribution in [-0.4, -0.2) is 53.3 Å². The van der Waals surface area contributed by atoms with E-state index < -0.39 is 47.1 Å². The highest BCUT2D eigenvalue weighted by Crippen LogP contribution is 2.47.